The van der Waals surface area contributed by atoms with Crippen LogP contribution in [0.15, 0.2) is 30.3 Å². The molecule has 2 N–H and O–H groups in total. The highest BCUT2D eigenvalue weighted by Crippen LogP contribution is 2.29. The first-order valence-corrected chi connectivity index (χ1v) is 13.7. The second kappa shape index (κ2) is 11.0. The van der Waals surface area contributed by atoms with E-state index in [9.17, 15) is 0 Å². The van der Waals surface area contributed by atoms with Crippen LogP contribution >= 0.6 is 12.2 Å². The van der Waals surface area contributed by atoms with Crippen LogP contribution in [0, 0.1) is 11.8 Å². The van der Waals surface area contributed by atoms with E-state index in [-0.39, 0.29) is 0 Å². The molecule has 0 radical (unpaired) electrons. The summed E-state index contributed by atoms with van der Waals surface area (Å²) < 4.78 is 0. The fraction of sp³-hybridized carbons (Fsp3) is 0.593. The third kappa shape index (κ3) is 6.15. The Bertz CT molecular complexity index is 989. The normalized spacial score (nSPS) is 22.5. The number of rotatable bonds is 6. The molecule has 2 atom stereocenters. The Hall–Kier alpha value is -2.61. The van der Waals surface area contributed by atoms with Gasteiger partial charge in [0.05, 0.1) is 0 Å². The van der Waals surface area contributed by atoms with E-state index in [0.29, 0.717) is 29.4 Å². The van der Waals surface area contributed by atoms with Gasteiger partial charge in [0.15, 0.2) is 5.11 Å². The van der Waals surface area contributed by atoms with Crippen LogP contribution in [0.4, 0.5) is 23.3 Å². The maximum absolute atomic E-state index is 5.63. The molecule has 3 aliphatic heterocycles. The van der Waals surface area contributed by atoms with Gasteiger partial charge in [0.2, 0.25) is 5.95 Å². The molecule has 4 heterocycles. The zero-order chi connectivity index (χ0) is 24.2. The topological polar surface area (TPSA) is 59.6 Å². The van der Waals surface area contributed by atoms with Crippen LogP contribution in [0.2, 0.25) is 0 Å². The zero-order valence-corrected chi connectivity index (χ0v) is 22.0. The monoisotopic (exact) mass is 493 g/mol. The predicted molar refractivity (Wildman–Crippen MR) is 150 cm³/mol. The summed E-state index contributed by atoms with van der Waals surface area (Å²) in [5.74, 6) is 3.92. The smallest absolute Gasteiger partial charge is 0.232 e. The van der Waals surface area contributed by atoms with Crippen molar-refractivity contribution in [3.63, 3.8) is 0 Å². The van der Waals surface area contributed by atoms with E-state index in [4.69, 9.17) is 22.2 Å². The highest BCUT2D eigenvalue weighted by Gasteiger charge is 2.25. The maximum Gasteiger partial charge on any atom is 0.232 e. The average Bonchev–Trinajstić information content (AvgIpc) is 3.57. The van der Waals surface area contributed by atoms with Crippen molar-refractivity contribution in [3.8, 4) is 0 Å². The van der Waals surface area contributed by atoms with Gasteiger partial charge in [-0.05, 0) is 73.9 Å². The molecule has 0 aliphatic carbocycles. The standard InChI is InChI=1S/C27H39N7S/c1-20-15-21(2)19-34(18-20)25-16-24(33-13-5-6-14-33)29-26(30-25)31-27(35)28-17-22-7-9-23(10-8-22)32-11-3-4-12-32/h7-10,16,20-21H,3-6,11-15,17-19H2,1-2H3,(H2,28,29,30,31,35)/t20-,21-/m1/s1. The van der Waals surface area contributed by atoms with Crippen LogP contribution in [0.1, 0.15) is 51.5 Å². The summed E-state index contributed by atoms with van der Waals surface area (Å²) in [5, 5.41) is 7.16. The average molecular weight is 494 g/mol. The summed E-state index contributed by atoms with van der Waals surface area (Å²) in [6, 6.07) is 11.0. The number of hydrogen-bond acceptors (Lipinski definition) is 6. The molecule has 0 saturated carbocycles. The van der Waals surface area contributed by atoms with Gasteiger partial charge in [0, 0.05) is 57.6 Å². The molecule has 0 amide bonds. The predicted octanol–water partition coefficient (Wildman–Crippen LogP) is 4.65. The third-order valence-corrected chi connectivity index (χ3v) is 7.65. The number of aromatic nitrogens is 2. The van der Waals surface area contributed by atoms with Crippen LogP contribution in [0.5, 0.6) is 0 Å². The lowest BCUT2D eigenvalue weighted by Crippen LogP contribution is -2.39. The van der Waals surface area contributed by atoms with Gasteiger partial charge in [-0.3, -0.25) is 0 Å². The number of piperidine rings is 1. The number of thiocarbonyl (C=S) groups is 1. The lowest BCUT2D eigenvalue weighted by atomic mass is 9.92. The second-order valence-electron chi connectivity index (χ2n) is 10.6. The molecule has 7 nitrogen and oxygen atoms in total. The van der Waals surface area contributed by atoms with E-state index in [1.807, 2.05) is 0 Å². The van der Waals surface area contributed by atoms with E-state index in [0.717, 1.165) is 37.8 Å². The van der Waals surface area contributed by atoms with Crippen molar-refractivity contribution in [2.75, 3.05) is 59.3 Å². The molecule has 0 unspecified atom stereocenters. The second-order valence-corrected chi connectivity index (χ2v) is 11.0. The van der Waals surface area contributed by atoms with Gasteiger partial charge in [-0.1, -0.05) is 26.0 Å². The number of nitrogens with one attached hydrogen (secondary N) is 2. The molecule has 3 fully saturated rings. The molecule has 2 aromatic rings. The fourth-order valence-electron chi connectivity index (χ4n) is 5.73. The van der Waals surface area contributed by atoms with Crippen molar-refractivity contribution >= 4 is 40.6 Å². The molecular formula is C27H39N7S. The first-order chi connectivity index (χ1) is 17.0. The van der Waals surface area contributed by atoms with Crippen molar-refractivity contribution in [1.82, 2.24) is 15.3 Å². The third-order valence-electron chi connectivity index (χ3n) is 7.41. The van der Waals surface area contributed by atoms with Crippen molar-refractivity contribution in [2.45, 2.75) is 52.5 Å². The lowest BCUT2D eigenvalue weighted by molar-refractivity contribution is 0.355. The van der Waals surface area contributed by atoms with Crippen LogP contribution < -0.4 is 25.3 Å². The Kier molecular flexibility index (Phi) is 7.56. The van der Waals surface area contributed by atoms with E-state index in [1.165, 1.54) is 56.4 Å². The quantitative estimate of drug-likeness (QED) is 0.564. The van der Waals surface area contributed by atoms with Gasteiger partial charge in [0.1, 0.15) is 11.6 Å². The number of hydrogen-bond donors (Lipinski definition) is 2. The first-order valence-electron chi connectivity index (χ1n) is 13.3. The van der Waals surface area contributed by atoms with Crippen molar-refractivity contribution in [2.24, 2.45) is 11.8 Å². The molecule has 1 aromatic heterocycles. The maximum atomic E-state index is 5.63. The Morgan fingerprint density at radius 1 is 0.857 bits per heavy atom. The van der Waals surface area contributed by atoms with Crippen LogP contribution in [0.25, 0.3) is 0 Å². The van der Waals surface area contributed by atoms with Crippen molar-refractivity contribution < 1.29 is 0 Å². The van der Waals surface area contributed by atoms with Crippen LogP contribution in [0.3, 0.4) is 0 Å². The fourth-order valence-corrected chi connectivity index (χ4v) is 5.89. The molecule has 3 aliphatic rings. The Morgan fingerprint density at radius 2 is 1.43 bits per heavy atom. The Balaban J connectivity index is 1.25. The molecule has 5 rings (SSSR count). The summed E-state index contributed by atoms with van der Waals surface area (Å²) in [4.78, 5) is 17.0. The van der Waals surface area contributed by atoms with E-state index < -0.39 is 0 Å². The Morgan fingerprint density at radius 3 is 2.06 bits per heavy atom. The highest BCUT2D eigenvalue weighted by molar-refractivity contribution is 7.80. The zero-order valence-electron chi connectivity index (χ0n) is 21.2. The minimum atomic E-state index is 0.554. The van der Waals surface area contributed by atoms with Crippen molar-refractivity contribution in [3.05, 3.63) is 35.9 Å². The van der Waals surface area contributed by atoms with Gasteiger partial charge < -0.3 is 25.3 Å². The summed E-state index contributed by atoms with van der Waals surface area (Å²) in [6.45, 7) is 11.9. The molecule has 1 aromatic carbocycles. The van der Waals surface area contributed by atoms with Gasteiger partial charge in [0.25, 0.3) is 0 Å². The number of anilines is 4. The number of nitrogens with zero attached hydrogens (tertiary/aromatic N) is 5. The molecular weight excluding hydrogens is 454 g/mol. The minimum absolute atomic E-state index is 0.554. The largest absolute Gasteiger partial charge is 0.372 e. The first kappa shape index (κ1) is 24.1. The summed E-state index contributed by atoms with van der Waals surface area (Å²) in [7, 11) is 0. The molecule has 0 spiro atoms. The molecule has 8 heteroatoms. The number of benzene rings is 1. The summed E-state index contributed by atoms with van der Waals surface area (Å²) >= 11 is 5.63. The van der Waals surface area contributed by atoms with E-state index in [2.05, 4.69) is 69.5 Å². The summed E-state index contributed by atoms with van der Waals surface area (Å²) in [5.41, 5.74) is 2.52. The molecule has 35 heavy (non-hydrogen) atoms. The summed E-state index contributed by atoms with van der Waals surface area (Å²) in [6.07, 6.45) is 6.30. The van der Waals surface area contributed by atoms with Crippen LogP contribution in [-0.4, -0.2) is 54.3 Å². The van der Waals surface area contributed by atoms with E-state index >= 15 is 0 Å². The lowest BCUT2D eigenvalue weighted by Gasteiger charge is -2.36. The van der Waals surface area contributed by atoms with E-state index in [1.54, 1.807) is 0 Å². The van der Waals surface area contributed by atoms with Gasteiger partial charge >= 0.3 is 0 Å². The molecule has 188 valence electrons. The van der Waals surface area contributed by atoms with Gasteiger partial charge in [-0.25, -0.2) is 0 Å². The Labute approximate surface area is 215 Å². The van der Waals surface area contributed by atoms with Crippen molar-refractivity contribution in [1.29, 1.82) is 0 Å². The van der Waals surface area contributed by atoms with Gasteiger partial charge in [-0.2, -0.15) is 9.97 Å². The van der Waals surface area contributed by atoms with Gasteiger partial charge in [-0.15, -0.1) is 0 Å². The SMILES string of the molecule is C[C@@H]1C[C@@H](C)CN(c2cc(N3CCCC3)nc(NC(=S)NCc3ccc(N4CCCC4)cc3)n2)C1. The van der Waals surface area contributed by atoms with Crippen LogP contribution in [-0.2, 0) is 6.54 Å². The molecule has 3 saturated heterocycles. The molecule has 0 bridgehead atoms. The highest BCUT2D eigenvalue weighted by atomic mass is 32.1. The minimum Gasteiger partial charge on any atom is -0.372 e.